The van der Waals surface area contributed by atoms with E-state index in [9.17, 15) is 4.79 Å². The highest BCUT2D eigenvalue weighted by Gasteiger charge is 2.44. The summed E-state index contributed by atoms with van der Waals surface area (Å²) in [6.07, 6.45) is 3.39. The van der Waals surface area contributed by atoms with Gasteiger partial charge in [-0.15, -0.1) is 0 Å². The zero-order valence-corrected chi connectivity index (χ0v) is 26.9. The standard InChI is InChI=1S/C25H44N3O5PS2Si/c1-16(2)17-9-11-25(6,35)20(13-17)33-34(36)32-18-14-22(28-12-10-21(26)27-23(28)29)31-19(18)15-30-37(7,8)24(3,4)5/h10,12,17-20,22,34-35H,1,9,11,13-15H2,2-8H3,(H2,26,27,29)/t17-,18-,19+,20+,22+,25+/m0/s1. The van der Waals surface area contributed by atoms with Gasteiger partial charge in [-0.25, -0.2) is 4.79 Å². The molecule has 1 aromatic heterocycles. The molecule has 2 N–H and O–H groups in total. The van der Waals surface area contributed by atoms with Gasteiger partial charge in [0.1, 0.15) is 18.1 Å². The zero-order chi connectivity index (χ0) is 27.8. The summed E-state index contributed by atoms with van der Waals surface area (Å²) in [7, 11) is -4.10. The molecule has 0 radical (unpaired) electrons. The van der Waals surface area contributed by atoms with Crippen molar-refractivity contribution in [3.63, 3.8) is 0 Å². The van der Waals surface area contributed by atoms with Crippen LogP contribution >= 0.6 is 19.8 Å². The number of ether oxygens (including phenoxy) is 1. The lowest BCUT2D eigenvalue weighted by Gasteiger charge is -2.41. The molecule has 12 heteroatoms. The highest BCUT2D eigenvalue weighted by molar-refractivity contribution is 8.00. The lowest BCUT2D eigenvalue weighted by Crippen LogP contribution is -2.44. The number of anilines is 1. The van der Waals surface area contributed by atoms with E-state index >= 15 is 0 Å². The number of allylic oxidation sites excluding steroid dienone is 1. The SMILES string of the molecule is C=C(C)[C@H]1CC[C@@](C)(S)[C@H](O[PH](=S)O[C@H]2C[C@H](n3ccc(N)nc3=O)O[C@@H]2CO[Si](C)(C)C(C)(C)C)C1. The molecule has 2 heterocycles. The Kier molecular flexibility index (Phi) is 9.99. The average Bonchev–Trinajstić information content (AvgIpc) is 3.14. The van der Waals surface area contributed by atoms with E-state index in [1.165, 1.54) is 4.57 Å². The van der Waals surface area contributed by atoms with Gasteiger partial charge in [-0.05, 0) is 75.0 Å². The fraction of sp³-hybridized carbons (Fsp3) is 0.760. The van der Waals surface area contributed by atoms with Gasteiger partial charge in [-0.2, -0.15) is 17.6 Å². The topological polar surface area (TPSA) is 97.8 Å². The molecule has 2 fully saturated rings. The zero-order valence-electron chi connectivity index (χ0n) is 23.2. The molecule has 3 rings (SSSR count). The van der Waals surface area contributed by atoms with Crippen LogP contribution in [0.1, 0.15) is 66.5 Å². The Hall–Kier alpha value is -0.523. The Morgan fingerprint density at radius 2 is 2.08 bits per heavy atom. The molecule has 1 saturated heterocycles. The van der Waals surface area contributed by atoms with Gasteiger partial charge in [0.15, 0.2) is 15.5 Å². The molecule has 7 atom stereocenters. The molecule has 37 heavy (non-hydrogen) atoms. The van der Waals surface area contributed by atoms with Gasteiger partial charge in [0.2, 0.25) is 0 Å². The second kappa shape index (κ2) is 11.9. The quantitative estimate of drug-likeness (QED) is 0.169. The van der Waals surface area contributed by atoms with E-state index in [1.54, 1.807) is 12.3 Å². The number of hydrogen-bond acceptors (Lipinski definition) is 9. The third kappa shape index (κ3) is 7.78. The molecule has 1 aliphatic carbocycles. The van der Waals surface area contributed by atoms with Crippen LogP contribution in [-0.2, 0) is 30.0 Å². The summed E-state index contributed by atoms with van der Waals surface area (Å²) in [6, 6.07) is 1.58. The fourth-order valence-electron chi connectivity index (χ4n) is 4.44. The van der Waals surface area contributed by atoms with Crippen LogP contribution in [0, 0.1) is 5.92 Å². The van der Waals surface area contributed by atoms with Crippen LogP contribution < -0.4 is 11.4 Å². The molecule has 8 nitrogen and oxygen atoms in total. The largest absolute Gasteiger partial charge is 0.414 e. The summed E-state index contributed by atoms with van der Waals surface area (Å²) >= 11 is 10.6. The first-order valence-corrected chi connectivity index (χ1v) is 18.7. The van der Waals surface area contributed by atoms with Crippen molar-refractivity contribution in [2.45, 2.75) is 108 Å². The molecule has 1 aliphatic heterocycles. The van der Waals surface area contributed by atoms with Crippen molar-refractivity contribution in [1.82, 2.24) is 9.55 Å². The van der Waals surface area contributed by atoms with Crippen LogP contribution in [0.2, 0.25) is 18.1 Å². The van der Waals surface area contributed by atoms with Gasteiger partial charge in [-0.1, -0.05) is 32.9 Å². The highest BCUT2D eigenvalue weighted by atomic mass is 32.4. The van der Waals surface area contributed by atoms with Crippen molar-refractivity contribution >= 4 is 45.7 Å². The monoisotopic (exact) mass is 589 g/mol. The number of nitrogens with zero attached hydrogens (tertiary/aromatic N) is 2. The summed E-state index contributed by atoms with van der Waals surface area (Å²) in [5, 5.41) is 0.0487. The van der Waals surface area contributed by atoms with E-state index in [0.29, 0.717) is 18.9 Å². The average molecular weight is 590 g/mol. The van der Waals surface area contributed by atoms with E-state index in [4.69, 9.17) is 48.4 Å². The van der Waals surface area contributed by atoms with Gasteiger partial charge in [0, 0.05) is 17.4 Å². The van der Waals surface area contributed by atoms with Crippen LogP contribution in [-0.4, -0.2) is 47.5 Å². The van der Waals surface area contributed by atoms with Crippen LogP contribution in [0.5, 0.6) is 0 Å². The molecule has 210 valence electrons. The second-order valence-corrected chi connectivity index (χ2v) is 20.0. The Labute approximate surface area is 233 Å². The molecule has 1 saturated carbocycles. The summed E-state index contributed by atoms with van der Waals surface area (Å²) in [5.41, 5.74) is 6.38. The predicted molar refractivity (Wildman–Crippen MR) is 160 cm³/mol. The molecule has 1 unspecified atom stereocenters. The number of aromatic nitrogens is 2. The smallest absolute Gasteiger partial charge is 0.351 e. The predicted octanol–water partition coefficient (Wildman–Crippen LogP) is 5.48. The Morgan fingerprint density at radius 1 is 1.41 bits per heavy atom. The molecule has 0 bridgehead atoms. The summed E-state index contributed by atoms with van der Waals surface area (Å²) in [6.45, 7) is 19.6. The molecule has 1 aromatic rings. The lowest BCUT2D eigenvalue weighted by molar-refractivity contribution is -0.0400. The van der Waals surface area contributed by atoms with Gasteiger partial charge in [-0.3, -0.25) is 4.57 Å². The maximum atomic E-state index is 12.5. The molecule has 0 aromatic carbocycles. The van der Waals surface area contributed by atoms with Crippen LogP contribution in [0.25, 0.3) is 0 Å². The van der Waals surface area contributed by atoms with Crippen molar-refractivity contribution in [3.8, 4) is 0 Å². The number of nitrogen functional groups attached to an aromatic ring is 1. The van der Waals surface area contributed by atoms with Crippen molar-refractivity contribution in [1.29, 1.82) is 0 Å². The molecule has 2 aliphatic rings. The first kappa shape index (κ1) is 31.0. The third-order valence-electron chi connectivity index (χ3n) is 8.13. The molecular formula is C25H44N3O5PS2Si. The van der Waals surface area contributed by atoms with E-state index < -0.39 is 33.5 Å². The fourth-order valence-corrected chi connectivity index (χ4v) is 7.70. The van der Waals surface area contributed by atoms with E-state index in [2.05, 4.69) is 59.3 Å². The number of thiol groups is 1. The number of hydrogen-bond donors (Lipinski definition) is 2. The minimum atomic E-state index is -2.07. The van der Waals surface area contributed by atoms with Crippen LogP contribution in [0.3, 0.4) is 0 Å². The maximum absolute atomic E-state index is 12.5. The van der Waals surface area contributed by atoms with Gasteiger partial charge in [0.05, 0.1) is 18.8 Å². The maximum Gasteiger partial charge on any atom is 0.351 e. The van der Waals surface area contributed by atoms with Gasteiger partial charge in [0.25, 0.3) is 0 Å². The second-order valence-electron chi connectivity index (χ2n) is 12.2. The lowest BCUT2D eigenvalue weighted by atomic mass is 9.77. The van der Waals surface area contributed by atoms with E-state index in [1.807, 2.05) is 0 Å². The van der Waals surface area contributed by atoms with E-state index in [-0.39, 0.29) is 27.8 Å². The summed E-state index contributed by atoms with van der Waals surface area (Å²) in [4.78, 5) is 16.3. The Bertz CT molecular complexity index is 1060. The summed E-state index contributed by atoms with van der Waals surface area (Å²) in [5.74, 6) is 0.564. The molecule has 0 amide bonds. The van der Waals surface area contributed by atoms with Crippen molar-refractivity contribution in [2.24, 2.45) is 5.92 Å². The van der Waals surface area contributed by atoms with E-state index in [0.717, 1.165) is 24.8 Å². The normalized spacial score (nSPS) is 31.8. The Balaban J connectivity index is 1.75. The summed E-state index contributed by atoms with van der Waals surface area (Å²) < 4.78 is 26.7. The van der Waals surface area contributed by atoms with Crippen LogP contribution in [0.4, 0.5) is 5.82 Å². The Morgan fingerprint density at radius 3 is 2.68 bits per heavy atom. The third-order valence-corrected chi connectivity index (χ3v) is 14.7. The van der Waals surface area contributed by atoms with Gasteiger partial charge >= 0.3 is 5.69 Å². The van der Waals surface area contributed by atoms with Crippen molar-refractivity contribution < 1.29 is 18.2 Å². The number of nitrogens with two attached hydrogens (primary N) is 1. The van der Waals surface area contributed by atoms with Gasteiger partial charge < -0.3 is 23.9 Å². The van der Waals surface area contributed by atoms with Crippen molar-refractivity contribution in [2.75, 3.05) is 12.3 Å². The first-order chi connectivity index (χ1) is 17.0. The molecule has 0 spiro atoms. The highest BCUT2D eigenvalue weighted by Crippen LogP contribution is 2.46. The molecular weight excluding hydrogens is 545 g/mol. The van der Waals surface area contributed by atoms with Crippen LogP contribution in [0.15, 0.2) is 29.2 Å². The minimum absolute atomic E-state index is 0.0487. The minimum Gasteiger partial charge on any atom is -0.414 e. The number of rotatable bonds is 9. The van der Waals surface area contributed by atoms with Crippen molar-refractivity contribution in [3.05, 3.63) is 34.9 Å². The first-order valence-electron chi connectivity index (χ1n) is 12.9.